The van der Waals surface area contributed by atoms with E-state index in [1.807, 2.05) is 19.1 Å². The van der Waals surface area contributed by atoms with Gasteiger partial charge in [-0.25, -0.2) is 0 Å². The van der Waals surface area contributed by atoms with Crippen molar-refractivity contribution in [1.82, 2.24) is 4.90 Å². The molecule has 1 aromatic rings. The molecule has 0 radical (unpaired) electrons. The fourth-order valence-electron chi connectivity index (χ4n) is 3.10. The van der Waals surface area contributed by atoms with E-state index in [4.69, 9.17) is 19.6 Å². The van der Waals surface area contributed by atoms with Crippen LogP contribution in [-0.2, 0) is 9.47 Å². The Hall–Kier alpha value is -0.880. The molecule has 1 aromatic heterocycles. The van der Waals surface area contributed by atoms with Gasteiger partial charge in [0.15, 0.2) is 5.79 Å². The Morgan fingerprint density at radius 1 is 1.37 bits per heavy atom. The van der Waals surface area contributed by atoms with Gasteiger partial charge in [0.05, 0.1) is 25.8 Å². The zero-order valence-electron chi connectivity index (χ0n) is 11.4. The highest BCUT2D eigenvalue weighted by atomic mass is 16.7. The fourth-order valence-corrected chi connectivity index (χ4v) is 3.10. The van der Waals surface area contributed by atoms with Crippen LogP contribution in [0.5, 0.6) is 0 Å². The maximum atomic E-state index is 5.95. The molecular weight excluding hydrogens is 244 g/mol. The Morgan fingerprint density at radius 2 is 2.16 bits per heavy atom. The number of hydrogen-bond acceptors (Lipinski definition) is 5. The first kappa shape index (κ1) is 13.1. The van der Waals surface area contributed by atoms with Crippen LogP contribution < -0.4 is 5.73 Å². The van der Waals surface area contributed by atoms with Gasteiger partial charge in [-0.05, 0) is 32.0 Å². The lowest BCUT2D eigenvalue weighted by molar-refractivity contribution is -0.194. The van der Waals surface area contributed by atoms with E-state index in [2.05, 4.69) is 4.90 Å². The number of likely N-dealkylation sites (tertiary alicyclic amines) is 1. The molecule has 106 valence electrons. The highest BCUT2D eigenvalue weighted by Gasteiger charge is 2.42. The van der Waals surface area contributed by atoms with E-state index in [1.165, 1.54) is 0 Å². The molecule has 2 saturated heterocycles. The first-order chi connectivity index (χ1) is 9.22. The van der Waals surface area contributed by atoms with E-state index in [0.29, 0.717) is 19.8 Å². The van der Waals surface area contributed by atoms with Gasteiger partial charge in [-0.1, -0.05) is 0 Å². The van der Waals surface area contributed by atoms with Crippen molar-refractivity contribution in [1.29, 1.82) is 0 Å². The maximum absolute atomic E-state index is 5.95. The minimum atomic E-state index is -0.409. The van der Waals surface area contributed by atoms with Gasteiger partial charge < -0.3 is 19.6 Å². The lowest BCUT2D eigenvalue weighted by atomic mass is 10.0. The predicted molar refractivity (Wildman–Crippen MR) is 70.7 cm³/mol. The number of hydrogen-bond donors (Lipinski definition) is 1. The summed E-state index contributed by atoms with van der Waals surface area (Å²) in [5.41, 5.74) is 5.95. The molecule has 0 aromatic carbocycles. The van der Waals surface area contributed by atoms with Crippen molar-refractivity contribution in [2.24, 2.45) is 5.73 Å². The molecule has 5 nitrogen and oxygen atoms in total. The van der Waals surface area contributed by atoms with Gasteiger partial charge in [0, 0.05) is 13.0 Å². The summed E-state index contributed by atoms with van der Waals surface area (Å²) in [5.74, 6) is 1.46. The maximum Gasteiger partial charge on any atom is 0.181 e. The van der Waals surface area contributed by atoms with Crippen LogP contribution in [0.2, 0.25) is 0 Å². The zero-order chi connectivity index (χ0) is 13.3. The van der Waals surface area contributed by atoms with Crippen molar-refractivity contribution in [3.63, 3.8) is 0 Å². The van der Waals surface area contributed by atoms with E-state index in [1.54, 1.807) is 0 Å². The monoisotopic (exact) mass is 266 g/mol. The smallest absolute Gasteiger partial charge is 0.181 e. The second-order valence-corrected chi connectivity index (χ2v) is 5.38. The summed E-state index contributed by atoms with van der Waals surface area (Å²) in [5, 5.41) is 0. The average Bonchev–Trinajstić information content (AvgIpc) is 3.01. The lowest BCUT2D eigenvalue weighted by Gasteiger charge is -2.41. The number of rotatable bonds is 3. The molecule has 19 heavy (non-hydrogen) atoms. The van der Waals surface area contributed by atoms with Crippen molar-refractivity contribution in [3.8, 4) is 0 Å². The molecule has 3 heterocycles. The molecule has 1 spiro atoms. The first-order valence-electron chi connectivity index (χ1n) is 7.01. The molecule has 2 aliphatic rings. The molecule has 0 amide bonds. The Kier molecular flexibility index (Phi) is 3.62. The third-order valence-corrected chi connectivity index (χ3v) is 4.01. The Morgan fingerprint density at radius 3 is 2.79 bits per heavy atom. The van der Waals surface area contributed by atoms with Crippen LogP contribution in [0.1, 0.15) is 30.4 Å². The zero-order valence-corrected chi connectivity index (χ0v) is 11.4. The van der Waals surface area contributed by atoms with E-state index < -0.39 is 5.79 Å². The molecule has 0 saturated carbocycles. The number of ether oxygens (including phenoxy) is 2. The summed E-state index contributed by atoms with van der Waals surface area (Å²) in [6, 6.07) is 4.11. The van der Waals surface area contributed by atoms with Gasteiger partial charge in [-0.2, -0.15) is 0 Å². The summed E-state index contributed by atoms with van der Waals surface area (Å²) in [6.45, 7) is 5.67. The van der Waals surface area contributed by atoms with E-state index in [9.17, 15) is 0 Å². The number of nitrogens with two attached hydrogens (primary N) is 1. The first-order valence-corrected chi connectivity index (χ1v) is 7.01. The summed E-state index contributed by atoms with van der Waals surface area (Å²) >= 11 is 0. The van der Waals surface area contributed by atoms with Gasteiger partial charge in [0.25, 0.3) is 0 Å². The molecule has 2 aliphatic heterocycles. The van der Waals surface area contributed by atoms with Crippen LogP contribution in [0.25, 0.3) is 0 Å². The summed E-state index contributed by atoms with van der Waals surface area (Å²) in [4.78, 5) is 2.33. The number of piperidine rings is 1. The second kappa shape index (κ2) is 5.25. The Balaban J connectivity index is 1.76. The van der Waals surface area contributed by atoms with E-state index in [0.717, 1.165) is 37.5 Å². The molecular formula is C14H22N2O3. The van der Waals surface area contributed by atoms with Crippen molar-refractivity contribution in [3.05, 3.63) is 23.7 Å². The standard InChI is InChI=1S/C14H22N2O3/c1-11-3-4-13(19-11)12(9-15)16-6-2-5-14(10-16)17-7-8-18-14/h3-4,12H,2,5-10,15H2,1H3. The van der Waals surface area contributed by atoms with Crippen LogP contribution >= 0.6 is 0 Å². The van der Waals surface area contributed by atoms with Gasteiger partial charge in [-0.15, -0.1) is 0 Å². The highest BCUT2D eigenvalue weighted by molar-refractivity contribution is 5.11. The van der Waals surface area contributed by atoms with Gasteiger partial charge in [-0.3, -0.25) is 4.90 Å². The fraction of sp³-hybridized carbons (Fsp3) is 0.714. The van der Waals surface area contributed by atoms with Crippen LogP contribution in [0.15, 0.2) is 16.5 Å². The molecule has 2 N–H and O–H groups in total. The highest BCUT2D eigenvalue weighted by Crippen LogP contribution is 2.34. The minimum Gasteiger partial charge on any atom is -0.465 e. The van der Waals surface area contributed by atoms with Crippen LogP contribution in [0.4, 0.5) is 0 Å². The lowest BCUT2D eigenvalue weighted by Crippen LogP contribution is -2.51. The van der Waals surface area contributed by atoms with Crippen molar-refractivity contribution in [2.45, 2.75) is 31.6 Å². The third-order valence-electron chi connectivity index (χ3n) is 4.01. The summed E-state index contributed by atoms with van der Waals surface area (Å²) in [7, 11) is 0. The SMILES string of the molecule is Cc1ccc(C(CN)N2CCCC3(C2)OCCO3)o1. The van der Waals surface area contributed by atoms with Gasteiger partial charge in [0.1, 0.15) is 11.5 Å². The van der Waals surface area contributed by atoms with Crippen LogP contribution in [0.3, 0.4) is 0 Å². The van der Waals surface area contributed by atoms with E-state index in [-0.39, 0.29) is 6.04 Å². The molecule has 1 unspecified atom stereocenters. The van der Waals surface area contributed by atoms with Crippen molar-refractivity contribution >= 4 is 0 Å². The average molecular weight is 266 g/mol. The van der Waals surface area contributed by atoms with Gasteiger partial charge >= 0.3 is 0 Å². The predicted octanol–water partition coefficient (Wildman–Crippen LogP) is 1.43. The molecule has 0 bridgehead atoms. The van der Waals surface area contributed by atoms with Gasteiger partial charge in [0.2, 0.25) is 0 Å². The summed E-state index contributed by atoms with van der Waals surface area (Å²) < 4.78 is 17.4. The quantitative estimate of drug-likeness (QED) is 0.896. The molecule has 3 rings (SSSR count). The van der Waals surface area contributed by atoms with Crippen molar-refractivity contribution in [2.75, 3.05) is 32.8 Å². The molecule has 5 heteroatoms. The second-order valence-electron chi connectivity index (χ2n) is 5.38. The summed E-state index contributed by atoms with van der Waals surface area (Å²) in [6.07, 6.45) is 2.04. The molecule has 0 aliphatic carbocycles. The van der Waals surface area contributed by atoms with E-state index >= 15 is 0 Å². The van der Waals surface area contributed by atoms with Crippen LogP contribution in [-0.4, -0.2) is 43.5 Å². The molecule has 1 atom stereocenters. The van der Waals surface area contributed by atoms with Crippen molar-refractivity contribution < 1.29 is 13.9 Å². The minimum absolute atomic E-state index is 0.110. The largest absolute Gasteiger partial charge is 0.465 e. The van der Waals surface area contributed by atoms with Crippen LogP contribution in [0, 0.1) is 6.92 Å². The Labute approximate surface area is 113 Å². The normalized spacial score (nSPS) is 24.9. The number of nitrogens with zero attached hydrogens (tertiary/aromatic N) is 1. The Bertz CT molecular complexity index is 426. The number of aryl methyl sites for hydroxylation is 1. The third kappa shape index (κ3) is 2.56. The topological polar surface area (TPSA) is 60.9 Å². The molecule has 2 fully saturated rings. The number of furan rings is 1.